The van der Waals surface area contributed by atoms with Crippen LogP contribution in [0.25, 0.3) is 0 Å². The SMILES string of the molecule is COC(CNC1=NCCN1C)c1ccc(Cl)cc1. The molecule has 1 aliphatic rings. The molecule has 0 spiro atoms. The molecule has 0 radical (unpaired) electrons. The Morgan fingerprint density at radius 2 is 2.17 bits per heavy atom. The van der Waals surface area contributed by atoms with E-state index in [2.05, 4.69) is 15.2 Å². The third-order valence-electron chi connectivity index (χ3n) is 3.03. The maximum Gasteiger partial charge on any atom is 0.193 e. The van der Waals surface area contributed by atoms with Crippen LogP contribution < -0.4 is 5.32 Å². The fourth-order valence-corrected chi connectivity index (χ4v) is 2.05. The van der Waals surface area contributed by atoms with Gasteiger partial charge in [0.25, 0.3) is 0 Å². The van der Waals surface area contributed by atoms with Crippen LogP contribution in [0, 0.1) is 0 Å². The second kappa shape index (κ2) is 6.07. The minimum Gasteiger partial charge on any atom is -0.375 e. The molecule has 1 unspecified atom stereocenters. The summed E-state index contributed by atoms with van der Waals surface area (Å²) in [4.78, 5) is 6.49. The highest BCUT2D eigenvalue weighted by Crippen LogP contribution is 2.18. The van der Waals surface area contributed by atoms with Gasteiger partial charge in [-0.1, -0.05) is 23.7 Å². The average molecular weight is 268 g/mol. The zero-order valence-electron chi connectivity index (χ0n) is 10.7. The molecule has 0 aliphatic carbocycles. The topological polar surface area (TPSA) is 36.9 Å². The van der Waals surface area contributed by atoms with Crippen LogP contribution in [0.2, 0.25) is 5.02 Å². The van der Waals surface area contributed by atoms with E-state index in [0.717, 1.165) is 29.6 Å². The number of ether oxygens (including phenoxy) is 1. The maximum absolute atomic E-state index is 5.88. The van der Waals surface area contributed by atoms with E-state index in [4.69, 9.17) is 16.3 Å². The highest BCUT2D eigenvalue weighted by molar-refractivity contribution is 6.30. The maximum atomic E-state index is 5.88. The molecule has 0 saturated carbocycles. The Balaban J connectivity index is 1.95. The van der Waals surface area contributed by atoms with Gasteiger partial charge >= 0.3 is 0 Å². The number of hydrogen-bond acceptors (Lipinski definition) is 4. The number of rotatable bonds is 4. The summed E-state index contributed by atoms with van der Waals surface area (Å²) in [5.74, 6) is 0.936. The quantitative estimate of drug-likeness (QED) is 0.906. The number of nitrogens with one attached hydrogen (secondary N) is 1. The summed E-state index contributed by atoms with van der Waals surface area (Å²) < 4.78 is 5.49. The van der Waals surface area contributed by atoms with Crippen molar-refractivity contribution in [3.8, 4) is 0 Å². The third kappa shape index (κ3) is 3.15. The molecule has 1 atom stereocenters. The number of aliphatic imine (C=N–C) groups is 1. The molecular weight excluding hydrogens is 250 g/mol. The molecule has 1 N–H and O–H groups in total. The van der Waals surface area contributed by atoms with Crippen LogP contribution in [0.5, 0.6) is 0 Å². The second-order valence-corrected chi connectivity index (χ2v) is 4.72. The summed E-state index contributed by atoms with van der Waals surface area (Å²) in [6.07, 6.45) is -0.000957. The van der Waals surface area contributed by atoms with E-state index in [1.165, 1.54) is 0 Å². The van der Waals surface area contributed by atoms with Gasteiger partial charge in [-0.3, -0.25) is 4.99 Å². The standard InChI is InChI=1S/C13H18ClN3O/c1-17-8-7-15-13(17)16-9-12(18-2)10-3-5-11(14)6-4-10/h3-6,12H,7-9H2,1-2H3,(H,15,16). The molecule has 1 aliphatic heterocycles. The first kappa shape index (κ1) is 13.2. The number of nitrogens with zero attached hydrogens (tertiary/aromatic N) is 2. The van der Waals surface area contributed by atoms with E-state index in [0.29, 0.717) is 6.54 Å². The zero-order chi connectivity index (χ0) is 13.0. The summed E-state index contributed by atoms with van der Waals surface area (Å²) >= 11 is 5.88. The summed E-state index contributed by atoms with van der Waals surface area (Å²) in [6.45, 7) is 2.53. The zero-order valence-corrected chi connectivity index (χ0v) is 11.4. The second-order valence-electron chi connectivity index (χ2n) is 4.28. The lowest BCUT2D eigenvalue weighted by molar-refractivity contribution is 0.106. The normalized spacial score (nSPS) is 16.6. The Kier molecular flexibility index (Phi) is 4.44. The smallest absolute Gasteiger partial charge is 0.193 e. The van der Waals surface area contributed by atoms with Gasteiger partial charge in [0.15, 0.2) is 5.96 Å². The van der Waals surface area contributed by atoms with Gasteiger partial charge in [-0.15, -0.1) is 0 Å². The molecule has 18 heavy (non-hydrogen) atoms. The van der Waals surface area contributed by atoms with Crippen molar-refractivity contribution >= 4 is 17.6 Å². The molecule has 0 bridgehead atoms. The van der Waals surface area contributed by atoms with E-state index < -0.39 is 0 Å². The first-order chi connectivity index (χ1) is 8.70. The van der Waals surface area contributed by atoms with Crippen molar-refractivity contribution < 1.29 is 4.74 Å². The van der Waals surface area contributed by atoms with E-state index in [1.54, 1.807) is 7.11 Å². The average Bonchev–Trinajstić information content (AvgIpc) is 2.78. The Morgan fingerprint density at radius 3 is 2.72 bits per heavy atom. The summed E-state index contributed by atoms with van der Waals surface area (Å²) in [5, 5.41) is 4.05. The lowest BCUT2D eigenvalue weighted by atomic mass is 10.1. The van der Waals surface area contributed by atoms with E-state index in [9.17, 15) is 0 Å². The Labute approximate surface area is 113 Å². The van der Waals surface area contributed by atoms with Crippen molar-refractivity contribution in [3.63, 3.8) is 0 Å². The molecule has 0 fully saturated rings. The van der Waals surface area contributed by atoms with Gasteiger partial charge in [0.05, 0.1) is 12.6 Å². The predicted molar refractivity (Wildman–Crippen MR) is 74.1 cm³/mol. The van der Waals surface area contributed by atoms with Gasteiger partial charge in [-0.05, 0) is 17.7 Å². The van der Waals surface area contributed by atoms with Crippen LogP contribution in [0.1, 0.15) is 11.7 Å². The van der Waals surface area contributed by atoms with Crippen molar-refractivity contribution in [2.24, 2.45) is 4.99 Å². The Morgan fingerprint density at radius 1 is 1.44 bits per heavy atom. The minimum absolute atomic E-state index is 0.000957. The van der Waals surface area contributed by atoms with Crippen LogP contribution in [-0.4, -0.2) is 44.7 Å². The summed E-state index contributed by atoms with van der Waals surface area (Å²) in [5.41, 5.74) is 1.11. The van der Waals surface area contributed by atoms with Crippen LogP contribution in [0.15, 0.2) is 29.3 Å². The van der Waals surface area contributed by atoms with Gasteiger partial charge < -0.3 is 15.0 Å². The predicted octanol–water partition coefficient (Wildman–Crippen LogP) is 1.92. The molecule has 98 valence electrons. The Hall–Kier alpha value is -1.26. The molecule has 1 heterocycles. The van der Waals surface area contributed by atoms with Crippen molar-refractivity contribution in [2.75, 3.05) is 33.8 Å². The number of benzene rings is 1. The van der Waals surface area contributed by atoms with Crippen molar-refractivity contribution in [1.29, 1.82) is 0 Å². The number of methoxy groups -OCH3 is 1. The number of hydrogen-bond donors (Lipinski definition) is 1. The molecule has 2 rings (SSSR count). The third-order valence-corrected chi connectivity index (χ3v) is 3.28. The van der Waals surface area contributed by atoms with Crippen molar-refractivity contribution in [3.05, 3.63) is 34.9 Å². The van der Waals surface area contributed by atoms with Gasteiger partial charge in [0, 0.05) is 32.3 Å². The van der Waals surface area contributed by atoms with Crippen LogP contribution in [-0.2, 0) is 4.74 Å². The lowest BCUT2D eigenvalue weighted by Gasteiger charge is -2.20. The fraction of sp³-hybridized carbons (Fsp3) is 0.462. The molecular formula is C13H18ClN3O. The first-order valence-electron chi connectivity index (χ1n) is 5.98. The van der Waals surface area contributed by atoms with E-state index >= 15 is 0 Å². The Bertz CT molecular complexity index is 419. The molecule has 1 aromatic rings. The number of halogens is 1. The lowest BCUT2D eigenvalue weighted by Crippen LogP contribution is -2.38. The molecule has 0 aromatic heterocycles. The van der Waals surface area contributed by atoms with Gasteiger partial charge in [0.2, 0.25) is 0 Å². The summed E-state index contributed by atoms with van der Waals surface area (Å²) in [7, 11) is 3.74. The molecule has 0 saturated heterocycles. The fourth-order valence-electron chi connectivity index (χ4n) is 1.92. The molecule has 5 heteroatoms. The van der Waals surface area contributed by atoms with Gasteiger partial charge in [-0.2, -0.15) is 0 Å². The van der Waals surface area contributed by atoms with E-state index in [1.807, 2.05) is 31.3 Å². The monoisotopic (exact) mass is 267 g/mol. The summed E-state index contributed by atoms with van der Waals surface area (Å²) in [6, 6.07) is 7.72. The van der Waals surface area contributed by atoms with Gasteiger partial charge in [-0.25, -0.2) is 0 Å². The largest absolute Gasteiger partial charge is 0.375 e. The van der Waals surface area contributed by atoms with Gasteiger partial charge in [0.1, 0.15) is 0 Å². The van der Waals surface area contributed by atoms with Crippen LogP contribution in [0.3, 0.4) is 0 Å². The minimum atomic E-state index is -0.000957. The first-order valence-corrected chi connectivity index (χ1v) is 6.36. The molecule has 4 nitrogen and oxygen atoms in total. The highest BCUT2D eigenvalue weighted by Gasteiger charge is 2.15. The van der Waals surface area contributed by atoms with Crippen molar-refractivity contribution in [1.82, 2.24) is 10.2 Å². The van der Waals surface area contributed by atoms with Crippen LogP contribution in [0.4, 0.5) is 0 Å². The highest BCUT2D eigenvalue weighted by atomic mass is 35.5. The van der Waals surface area contributed by atoms with Crippen molar-refractivity contribution in [2.45, 2.75) is 6.10 Å². The molecule has 1 aromatic carbocycles. The van der Waals surface area contributed by atoms with Crippen LogP contribution >= 0.6 is 11.6 Å². The van der Waals surface area contributed by atoms with E-state index in [-0.39, 0.29) is 6.10 Å². The molecule has 0 amide bonds. The number of likely N-dealkylation sites (N-methyl/N-ethyl adjacent to an activating group) is 1. The number of guanidine groups is 1.